The first-order chi connectivity index (χ1) is 12.5. The summed E-state index contributed by atoms with van der Waals surface area (Å²) in [6, 6.07) is 4.91. The molecule has 1 saturated heterocycles. The molecule has 1 aliphatic rings. The van der Waals surface area contributed by atoms with Gasteiger partial charge in [0, 0.05) is 53.9 Å². The van der Waals surface area contributed by atoms with Gasteiger partial charge in [-0.3, -0.25) is 9.69 Å². The predicted octanol–water partition coefficient (Wildman–Crippen LogP) is 2.52. The quantitative estimate of drug-likeness (QED) is 0.775. The van der Waals surface area contributed by atoms with Crippen molar-refractivity contribution in [2.75, 3.05) is 53.4 Å². The summed E-state index contributed by atoms with van der Waals surface area (Å²) in [6.45, 7) is 5.49. The zero-order chi connectivity index (χ0) is 18.7. The molecule has 1 aromatic heterocycles. The minimum Gasteiger partial charge on any atom is -0.480 e. The standard InChI is InChI=1S/C19H27ClN4O2/c1-22(2)6-3-7-23-8-10-24(11-9-23)18(19(25)26)16-13-21-17-12-14(20)4-5-15(16)17/h4-5,12-13,18,21H,3,6-11H2,1-2H3,(H,25,26)/t18-/m0/s1. The molecule has 0 amide bonds. The van der Waals surface area contributed by atoms with Gasteiger partial charge >= 0.3 is 5.97 Å². The van der Waals surface area contributed by atoms with Gasteiger partial charge in [-0.2, -0.15) is 0 Å². The summed E-state index contributed by atoms with van der Waals surface area (Å²) in [5, 5.41) is 11.4. The van der Waals surface area contributed by atoms with Crippen molar-refractivity contribution in [1.29, 1.82) is 0 Å². The number of rotatable bonds is 7. The van der Waals surface area contributed by atoms with Gasteiger partial charge in [-0.25, -0.2) is 0 Å². The molecule has 2 N–H and O–H groups in total. The first-order valence-corrected chi connectivity index (χ1v) is 9.44. The molecule has 0 bridgehead atoms. The summed E-state index contributed by atoms with van der Waals surface area (Å²) in [4.78, 5) is 21.9. The normalized spacial score (nSPS) is 17.8. The molecule has 1 fully saturated rings. The van der Waals surface area contributed by atoms with Crippen LogP contribution in [-0.2, 0) is 4.79 Å². The molecule has 0 radical (unpaired) electrons. The molecule has 2 heterocycles. The Labute approximate surface area is 159 Å². The maximum atomic E-state index is 12.0. The maximum absolute atomic E-state index is 12.0. The van der Waals surface area contributed by atoms with Crippen LogP contribution in [0.4, 0.5) is 0 Å². The van der Waals surface area contributed by atoms with Crippen LogP contribution < -0.4 is 0 Å². The third kappa shape index (κ3) is 4.38. The Morgan fingerprint density at radius 2 is 2.04 bits per heavy atom. The van der Waals surface area contributed by atoms with Crippen LogP contribution in [-0.4, -0.2) is 84.1 Å². The molecule has 142 valence electrons. The lowest BCUT2D eigenvalue weighted by atomic mass is 10.0. The number of fused-ring (bicyclic) bond motifs is 1. The largest absolute Gasteiger partial charge is 0.480 e. The molecule has 1 aromatic carbocycles. The van der Waals surface area contributed by atoms with Crippen molar-refractivity contribution in [3.05, 3.63) is 35.0 Å². The fraction of sp³-hybridized carbons (Fsp3) is 0.526. The fourth-order valence-corrected chi connectivity index (χ4v) is 3.86. The van der Waals surface area contributed by atoms with E-state index in [1.807, 2.05) is 24.4 Å². The molecular weight excluding hydrogens is 352 g/mol. The summed E-state index contributed by atoms with van der Waals surface area (Å²) < 4.78 is 0. The molecule has 6 nitrogen and oxygen atoms in total. The summed E-state index contributed by atoms with van der Waals surface area (Å²) >= 11 is 6.04. The number of nitrogens with zero attached hydrogens (tertiary/aromatic N) is 3. The molecule has 0 unspecified atom stereocenters. The van der Waals surface area contributed by atoms with Gasteiger partial charge in [0.25, 0.3) is 0 Å². The van der Waals surface area contributed by atoms with E-state index >= 15 is 0 Å². The number of carbonyl (C=O) groups is 1. The topological polar surface area (TPSA) is 62.8 Å². The van der Waals surface area contributed by atoms with Crippen molar-refractivity contribution >= 4 is 28.5 Å². The Balaban J connectivity index is 1.68. The molecule has 1 atom stereocenters. The molecule has 7 heteroatoms. The third-order valence-electron chi connectivity index (χ3n) is 5.06. The van der Waals surface area contributed by atoms with E-state index in [1.54, 1.807) is 0 Å². The van der Waals surface area contributed by atoms with Crippen LogP contribution in [0.25, 0.3) is 10.9 Å². The number of carboxylic acids is 1. The van der Waals surface area contributed by atoms with Crippen molar-refractivity contribution in [3.8, 4) is 0 Å². The minimum atomic E-state index is -0.804. The molecule has 2 aromatic rings. The lowest BCUT2D eigenvalue weighted by molar-refractivity contribution is -0.144. The molecule has 3 rings (SSSR count). The maximum Gasteiger partial charge on any atom is 0.325 e. The Morgan fingerprint density at radius 1 is 1.31 bits per heavy atom. The summed E-state index contributed by atoms with van der Waals surface area (Å²) in [5.74, 6) is -0.804. The average molecular weight is 379 g/mol. The van der Waals surface area contributed by atoms with Crippen molar-refractivity contribution in [2.45, 2.75) is 12.5 Å². The van der Waals surface area contributed by atoms with Crippen LogP contribution >= 0.6 is 11.6 Å². The first kappa shape index (κ1) is 19.2. The minimum absolute atomic E-state index is 0.631. The van der Waals surface area contributed by atoms with Crippen LogP contribution in [0.1, 0.15) is 18.0 Å². The second-order valence-corrected chi connectivity index (χ2v) is 7.65. The van der Waals surface area contributed by atoms with E-state index < -0.39 is 12.0 Å². The third-order valence-corrected chi connectivity index (χ3v) is 5.29. The molecule has 0 aliphatic carbocycles. The van der Waals surface area contributed by atoms with Gasteiger partial charge < -0.3 is 19.9 Å². The van der Waals surface area contributed by atoms with E-state index in [2.05, 4.69) is 33.8 Å². The highest BCUT2D eigenvalue weighted by atomic mass is 35.5. The van der Waals surface area contributed by atoms with E-state index in [9.17, 15) is 9.90 Å². The molecule has 26 heavy (non-hydrogen) atoms. The van der Waals surface area contributed by atoms with Crippen LogP contribution in [0.15, 0.2) is 24.4 Å². The molecule has 0 spiro atoms. The first-order valence-electron chi connectivity index (χ1n) is 9.06. The van der Waals surface area contributed by atoms with E-state index in [0.29, 0.717) is 5.02 Å². The zero-order valence-corrected chi connectivity index (χ0v) is 16.2. The lowest BCUT2D eigenvalue weighted by Gasteiger charge is -2.37. The van der Waals surface area contributed by atoms with E-state index in [4.69, 9.17) is 11.6 Å². The number of H-pyrrole nitrogens is 1. The summed E-state index contributed by atoms with van der Waals surface area (Å²) in [5.41, 5.74) is 1.69. The van der Waals surface area contributed by atoms with Crippen LogP contribution in [0, 0.1) is 0 Å². The Kier molecular flexibility index (Phi) is 6.19. The second kappa shape index (κ2) is 8.39. The number of carboxylic acid groups (broad SMARTS) is 1. The average Bonchev–Trinajstić information content (AvgIpc) is 2.98. The van der Waals surface area contributed by atoms with Crippen LogP contribution in [0.3, 0.4) is 0 Å². The number of aromatic amines is 1. The monoisotopic (exact) mass is 378 g/mol. The number of benzene rings is 1. The highest BCUT2D eigenvalue weighted by molar-refractivity contribution is 6.31. The Bertz CT molecular complexity index is 753. The van der Waals surface area contributed by atoms with Crippen LogP contribution in [0.5, 0.6) is 0 Å². The lowest BCUT2D eigenvalue weighted by Crippen LogP contribution is -2.49. The number of piperazine rings is 1. The van der Waals surface area contributed by atoms with E-state index in [1.165, 1.54) is 0 Å². The highest BCUT2D eigenvalue weighted by Crippen LogP contribution is 2.30. The summed E-state index contributed by atoms with van der Waals surface area (Å²) in [7, 11) is 4.17. The number of aliphatic carboxylic acids is 1. The number of hydrogen-bond acceptors (Lipinski definition) is 4. The van der Waals surface area contributed by atoms with E-state index in [-0.39, 0.29) is 0 Å². The fourth-order valence-electron chi connectivity index (χ4n) is 3.69. The number of hydrogen-bond donors (Lipinski definition) is 2. The number of aromatic nitrogens is 1. The van der Waals surface area contributed by atoms with Crippen LogP contribution in [0.2, 0.25) is 5.02 Å². The predicted molar refractivity (Wildman–Crippen MR) is 105 cm³/mol. The smallest absolute Gasteiger partial charge is 0.325 e. The zero-order valence-electron chi connectivity index (χ0n) is 15.4. The van der Waals surface area contributed by atoms with Gasteiger partial charge in [-0.1, -0.05) is 17.7 Å². The Morgan fingerprint density at radius 3 is 2.69 bits per heavy atom. The van der Waals surface area contributed by atoms with Gasteiger partial charge in [0.2, 0.25) is 0 Å². The molecular formula is C19H27ClN4O2. The number of halogens is 1. The van der Waals surface area contributed by atoms with Gasteiger partial charge in [0.05, 0.1) is 0 Å². The van der Waals surface area contributed by atoms with Gasteiger partial charge in [-0.15, -0.1) is 0 Å². The van der Waals surface area contributed by atoms with Crippen molar-refractivity contribution in [2.24, 2.45) is 0 Å². The van der Waals surface area contributed by atoms with E-state index in [0.717, 1.165) is 62.2 Å². The van der Waals surface area contributed by atoms with Crippen molar-refractivity contribution in [3.63, 3.8) is 0 Å². The Hall–Kier alpha value is -1.60. The molecule has 0 saturated carbocycles. The van der Waals surface area contributed by atoms with Crippen molar-refractivity contribution in [1.82, 2.24) is 19.7 Å². The highest BCUT2D eigenvalue weighted by Gasteiger charge is 2.31. The van der Waals surface area contributed by atoms with Gasteiger partial charge in [-0.05, 0) is 45.7 Å². The SMILES string of the molecule is CN(C)CCCN1CCN([C@H](C(=O)O)c2c[nH]c3cc(Cl)ccc23)CC1. The summed E-state index contributed by atoms with van der Waals surface area (Å²) in [6.07, 6.45) is 2.95. The van der Waals surface area contributed by atoms with Crippen molar-refractivity contribution < 1.29 is 9.90 Å². The van der Waals surface area contributed by atoms with Gasteiger partial charge in [0.15, 0.2) is 0 Å². The number of nitrogens with one attached hydrogen (secondary N) is 1. The van der Waals surface area contributed by atoms with Gasteiger partial charge in [0.1, 0.15) is 6.04 Å². The second-order valence-electron chi connectivity index (χ2n) is 7.21. The molecule has 1 aliphatic heterocycles.